The lowest BCUT2D eigenvalue weighted by Gasteiger charge is -2.32. The lowest BCUT2D eigenvalue weighted by molar-refractivity contribution is 0.102. The molecule has 1 amide bonds. The second kappa shape index (κ2) is 10.1. The molecule has 2 N–H and O–H groups in total. The summed E-state index contributed by atoms with van der Waals surface area (Å²) in [5.74, 6) is 1.50. The summed E-state index contributed by atoms with van der Waals surface area (Å²) in [6.07, 6.45) is 7.66. The monoisotopic (exact) mass is 380 g/mol. The van der Waals surface area contributed by atoms with E-state index in [1.807, 2.05) is 24.3 Å². The van der Waals surface area contributed by atoms with E-state index in [0.717, 1.165) is 43.5 Å². The molecule has 0 radical (unpaired) electrons. The van der Waals surface area contributed by atoms with Crippen LogP contribution in [0.3, 0.4) is 0 Å². The van der Waals surface area contributed by atoms with Crippen LogP contribution in [0.5, 0.6) is 0 Å². The molecule has 0 atom stereocenters. The van der Waals surface area contributed by atoms with E-state index in [1.165, 1.54) is 31.4 Å². The van der Waals surface area contributed by atoms with Crippen molar-refractivity contribution in [3.05, 3.63) is 48.2 Å². The van der Waals surface area contributed by atoms with Gasteiger partial charge in [-0.25, -0.2) is 4.98 Å². The van der Waals surface area contributed by atoms with Gasteiger partial charge in [-0.2, -0.15) is 0 Å². The number of nitrogens with one attached hydrogen (secondary N) is 2. The number of piperidine rings is 1. The molecule has 1 fully saturated rings. The van der Waals surface area contributed by atoms with Gasteiger partial charge in [-0.3, -0.25) is 4.79 Å². The van der Waals surface area contributed by atoms with E-state index in [4.69, 9.17) is 0 Å². The number of aromatic nitrogens is 1. The molecule has 0 saturated carbocycles. The van der Waals surface area contributed by atoms with Crippen LogP contribution in [0.15, 0.2) is 42.6 Å². The van der Waals surface area contributed by atoms with Crippen molar-refractivity contribution in [2.24, 2.45) is 5.92 Å². The Morgan fingerprint density at radius 3 is 2.50 bits per heavy atom. The first-order valence-electron chi connectivity index (χ1n) is 10.5. The van der Waals surface area contributed by atoms with Gasteiger partial charge in [-0.1, -0.05) is 26.7 Å². The first-order valence-corrected chi connectivity index (χ1v) is 10.5. The third-order valence-electron chi connectivity index (χ3n) is 5.39. The summed E-state index contributed by atoms with van der Waals surface area (Å²) < 4.78 is 0. The van der Waals surface area contributed by atoms with E-state index in [2.05, 4.69) is 46.5 Å². The van der Waals surface area contributed by atoms with Gasteiger partial charge in [-0.15, -0.1) is 0 Å². The minimum Gasteiger partial charge on any atom is -0.372 e. The zero-order chi connectivity index (χ0) is 19.8. The molecule has 1 aromatic carbocycles. The molecule has 2 heterocycles. The first kappa shape index (κ1) is 20.2. The van der Waals surface area contributed by atoms with Crippen molar-refractivity contribution < 1.29 is 4.79 Å². The van der Waals surface area contributed by atoms with Gasteiger partial charge in [0.25, 0.3) is 5.91 Å². The Kier molecular flexibility index (Phi) is 7.29. The maximum atomic E-state index is 12.5. The van der Waals surface area contributed by atoms with Crippen molar-refractivity contribution >= 4 is 23.1 Å². The largest absolute Gasteiger partial charge is 0.372 e. The minimum absolute atomic E-state index is 0.135. The van der Waals surface area contributed by atoms with E-state index < -0.39 is 0 Å². The average Bonchev–Trinajstić information content (AvgIpc) is 2.73. The van der Waals surface area contributed by atoms with E-state index in [9.17, 15) is 4.79 Å². The number of benzene rings is 1. The van der Waals surface area contributed by atoms with Gasteiger partial charge < -0.3 is 15.5 Å². The van der Waals surface area contributed by atoms with Gasteiger partial charge in [0.15, 0.2) is 0 Å². The highest BCUT2D eigenvalue weighted by molar-refractivity contribution is 6.04. The summed E-state index contributed by atoms with van der Waals surface area (Å²) in [6, 6.07) is 11.8. The van der Waals surface area contributed by atoms with Crippen molar-refractivity contribution in [1.29, 1.82) is 0 Å². The van der Waals surface area contributed by atoms with Crippen LogP contribution in [0.2, 0.25) is 0 Å². The van der Waals surface area contributed by atoms with Crippen molar-refractivity contribution in [3.63, 3.8) is 0 Å². The Hall–Kier alpha value is -2.56. The third kappa shape index (κ3) is 5.72. The summed E-state index contributed by atoms with van der Waals surface area (Å²) in [7, 11) is 0. The summed E-state index contributed by atoms with van der Waals surface area (Å²) in [5, 5.41) is 6.24. The Morgan fingerprint density at radius 2 is 1.86 bits per heavy atom. The van der Waals surface area contributed by atoms with Gasteiger partial charge >= 0.3 is 0 Å². The smallest absolute Gasteiger partial charge is 0.257 e. The Bertz CT molecular complexity index is 734. The highest BCUT2D eigenvalue weighted by atomic mass is 16.1. The number of carbonyl (C=O) groups excluding carboxylic acids is 1. The van der Waals surface area contributed by atoms with Gasteiger partial charge in [0.05, 0.1) is 5.56 Å². The van der Waals surface area contributed by atoms with Crippen LogP contribution in [0, 0.1) is 5.92 Å². The molecule has 150 valence electrons. The zero-order valence-electron chi connectivity index (χ0n) is 17.1. The molecule has 1 saturated heterocycles. The summed E-state index contributed by atoms with van der Waals surface area (Å²) in [4.78, 5) is 19.2. The predicted molar refractivity (Wildman–Crippen MR) is 117 cm³/mol. The Labute approximate surface area is 168 Å². The van der Waals surface area contributed by atoms with E-state index in [-0.39, 0.29) is 5.91 Å². The van der Waals surface area contributed by atoms with Gasteiger partial charge in [0, 0.05) is 37.2 Å². The number of hydrogen-bond donors (Lipinski definition) is 2. The maximum absolute atomic E-state index is 12.5. The van der Waals surface area contributed by atoms with Crippen LogP contribution in [-0.4, -0.2) is 30.5 Å². The van der Waals surface area contributed by atoms with Crippen LogP contribution in [0.1, 0.15) is 56.3 Å². The maximum Gasteiger partial charge on any atom is 0.257 e. The van der Waals surface area contributed by atoms with Gasteiger partial charge in [0.2, 0.25) is 0 Å². The quantitative estimate of drug-likeness (QED) is 0.620. The molecule has 1 aromatic heterocycles. The first-order chi connectivity index (χ1) is 13.7. The standard InChI is InChI=1S/C23H32N4O/c1-3-4-5-14-24-22-11-6-19(17-25-22)23(28)26-20-7-9-21(10-8-20)27-15-12-18(2)13-16-27/h6-11,17-18H,3-5,12-16H2,1-2H3,(H,24,25)(H,26,28). The summed E-state index contributed by atoms with van der Waals surface area (Å²) in [5.41, 5.74) is 2.60. The zero-order valence-corrected chi connectivity index (χ0v) is 17.1. The number of pyridine rings is 1. The molecule has 5 nitrogen and oxygen atoms in total. The predicted octanol–water partition coefficient (Wildman–Crippen LogP) is 5.17. The number of carbonyl (C=O) groups is 1. The lowest BCUT2D eigenvalue weighted by Crippen LogP contribution is -2.32. The number of amides is 1. The fraction of sp³-hybridized carbons (Fsp3) is 0.478. The molecule has 3 rings (SSSR count). The average molecular weight is 381 g/mol. The second-order valence-electron chi connectivity index (χ2n) is 7.74. The second-order valence-corrected chi connectivity index (χ2v) is 7.74. The van der Waals surface area contributed by atoms with Crippen molar-refractivity contribution in [3.8, 4) is 0 Å². The van der Waals surface area contributed by atoms with Crippen LogP contribution in [-0.2, 0) is 0 Å². The number of unbranched alkanes of at least 4 members (excludes halogenated alkanes) is 2. The molecule has 28 heavy (non-hydrogen) atoms. The Balaban J connectivity index is 1.51. The number of rotatable bonds is 8. The van der Waals surface area contributed by atoms with E-state index >= 15 is 0 Å². The van der Waals surface area contributed by atoms with Crippen molar-refractivity contribution in [2.75, 3.05) is 35.2 Å². The molecule has 1 aliphatic rings. The number of hydrogen-bond acceptors (Lipinski definition) is 4. The van der Waals surface area contributed by atoms with Crippen LogP contribution in [0.4, 0.5) is 17.2 Å². The molecule has 0 spiro atoms. The highest BCUT2D eigenvalue weighted by Crippen LogP contribution is 2.24. The molecule has 0 aliphatic carbocycles. The molecule has 5 heteroatoms. The van der Waals surface area contributed by atoms with Gasteiger partial charge in [-0.05, 0) is 61.6 Å². The number of anilines is 3. The molecule has 1 aliphatic heterocycles. The fourth-order valence-corrected chi connectivity index (χ4v) is 3.45. The normalized spacial score (nSPS) is 14.7. The SMILES string of the molecule is CCCCCNc1ccc(C(=O)Nc2ccc(N3CCC(C)CC3)cc2)cn1. The summed E-state index contributed by atoms with van der Waals surface area (Å²) >= 11 is 0. The summed E-state index contributed by atoms with van der Waals surface area (Å²) in [6.45, 7) is 7.64. The fourth-order valence-electron chi connectivity index (χ4n) is 3.45. The third-order valence-corrected chi connectivity index (χ3v) is 5.39. The van der Waals surface area contributed by atoms with E-state index in [0.29, 0.717) is 5.56 Å². The number of nitrogens with zero attached hydrogens (tertiary/aromatic N) is 2. The molecular weight excluding hydrogens is 348 g/mol. The molecule has 0 unspecified atom stereocenters. The van der Waals surface area contributed by atoms with Crippen LogP contribution in [0.25, 0.3) is 0 Å². The Morgan fingerprint density at radius 1 is 1.11 bits per heavy atom. The van der Waals surface area contributed by atoms with Gasteiger partial charge in [0.1, 0.15) is 5.82 Å². The highest BCUT2D eigenvalue weighted by Gasteiger charge is 2.16. The minimum atomic E-state index is -0.135. The lowest BCUT2D eigenvalue weighted by atomic mass is 9.99. The molecule has 0 bridgehead atoms. The topological polar surface area (TPSA) is 57.3 Å². The van der Waals surface area contributed by atoms with Crippen LogP contribution < -0.4 is 15.5 Å². The molecule has 2 aromatic rings. The van der Waals surface area contributed by atoms with Crippen LogP contribution >= 0.6 is 0 Å². The van der Waals surface area contributed by atoms with Crippen molar-refractivity contribution in [1.82, 2.24) is 4.98 Å². The van der Waals surface area contributed by atoms with E-state index in [1.54, 1.807) is 6.20 Å². The van der Waals surface area contributed by atoms with Crippen molar-refractivity contribution in [2.45, 2.75) is 46.0 Å². The molecular formula is C23H32N4O.